The molecule has 1 aliphatic rings. The Morgan fingerprint density at radius 3 is 2.81 bits per heavy atom. The molecule has 1 saturated carbocycles. The lowest BCUT2D eigenvalue weighted by Crippen LogP contribution is -2.41. The number of amides is 1. The van der Waals surface area contributed by atoms with Gasteiger partial charge in [-0.1, -0.05) is 19.4 Å². The summed E-state index contributed by atoms with van der Waals surface area (Å²) in [5, 5.41) is 3.35. The molecule has 3 N–H and O–H groups in total. The van der Waals surface area contributed by atoms with Crippen LogP contribution in [0.5, 0.6) is 0 Å². The van der Waals surface area contributed by atoms with E-state index < -0.39 is 0 Å². The summed E-state index contributed by atoms with van der Waals surface area (Å²) in [6, 6.07) is 4.79. The normalized spacial score (nSPS) is 16.7. The standard InChI is InChI=1S/C16H19FN2OS/c1-2-16(7-4-8-16)9-19-15(20)14-13(18)12-10(17)5-3-6-11(12)21-14/h3,5-6H,2,4,7-9,18H2,1H3,(H,19,20). The van der Waals surface area contributed by atoms with Gasteiger partial charge in [0.15, 0.2) is 0 Å². The van der Waals surface area contributed by atoms with Crippen molar-refractivity contribution in [3.63, 3.8) is 0 Å². The Morgan fingerprint density at radius 2 is 2.24 bits per heavy atom. The predicted octanol–water partition coefficient (Wildman–Crippen LogP) is 3.93. The van der Waals surface area contributed by atoms with Crippen LogP contribution in [-0.4, -0.2) is 12.5 Å². The number of anilines is 1. The van der Waals surface area contributed by atoms with E-state index in [2.05, 4.69) is 12.2 Å². The fourth-order valence-corrected chi connectivity index (χ4v) is 4.03. The van der Waals surface area contributed by atoms with Gasteiger partial charge in [-0.05, 0) is 36.8 Å². The summed E-state index contributed by atoms with van der Waals surface area (Å²) in [5.41, 5.74) is 6.48. The first-order valence-corrected chi connectivity index (χ1v) is 8.13. The molecular formula is C16H19FN2OS. The second-order valence-corrected chi connectivity index (χ2v) is 6.90. The molecule has 1 aromatic carbocycles. The number of nitrogens with one attached hydrogen (secondary N) is 1. The number of nitrogens with two attached hydrogens (primary N) is 1. The molecule has 0 bridgehead atoms. The van der Waals surface area contributed by atoms with Crippen LogP contribution in [0.4, 0.5) is 10.1 Å². The third kappa shape index (κ3) is 2.39. The first kappa shape index (κ1) is 14.3. The van der Waals surface area contributed by atoms with Crippen molar-refractivity contribution in [1.29, 1.82) is 0 Å². The average molecular weight is 306 g/mol. The van der Waals surface area contributed by atoms with Crippen molar-refractivity contribution in [3.8, 4) is 0 Å². The Bertz CT molecular complexity index is 685. The number of fused-ring (bicyclic) bond motifs is 1. The minimum absolute atomic E-state index is 0.187. The second kappa shape index (κ2) is 5.30. The number of rotatable bonds is 4. The fourth-order valence-electron chi connectivity index (χ4n) is 2.98. The zero-order valence-electron chi connectivity index (χ0n) is 12.0. The highest BCUT2D eigenvalue weighted by atomic mass is 32.1. The SMILES string of the molecule is CCC1(CNC(=O)c2sc3cccc(F)c3c2N)CCC1. The molecule has 2 aromatic rings. The maximum atomic E-state index is 13.8. The second-order valence-electron chi connectivity index (χ2n) is 5.85. The molecule has 1 fully saturated rings. The molecular weight excluding hydrogens is 287 g/mol. The van der Waals surface area contributed by atoms with Gasteiger partial charge in [0.2, 0.25) is 0 Å². The Hall–Kier alpha value is -1.62. The number of halogens is 1. The number of nitrogen functional groups attached to an aromatic ring is 1. The fraction of sp³-hybridized carbons (Fsp3) is 0.438. The van der Waals surface area contributed by atoms with Crippen LogP contribution in [-0.2, 0) is 0 Å². The van der Waals surface area contributed by atoms with Crippen LogP contribution >= 0.6 is 11.3 Å². The molecule has 1 amide bonds. The molecule has 0 radical (unpaired) electrons. The average Bonchev–Trinajstić information content (AvgIpc) is 2.76. The maximum Gasteiger partial charge on any atom is 0.263 e. The molecule has 1 aliphatic carbocycles. The molecule has 0 saturated heterocycles. The van der Waals surface area contributed by atoms with Crippen LogP contribution in [0.3, 0.4) is 0 Å². The maximum absolute atomic E-state index is 13.8. The van der Waals surface area contributed by atoms with E-state index in [1.54, 1.807) is 12.1 Å². The number of hydrogen-bond acceptors (Lipinski definition) is 3. The van der Waals surface area contributed by atoms with E-state index in [9.17, 15) is 9.18 Å². The van der Waals surface area contributed by atoms with Gasteiger partial charge in [-0.25, -0.2) is 4.39 Å². The lowest BCUT2D eigenvalue weighted by Gasteiger charge is -2.41. The zero-order valence-corrected chi connectivity index (χ0v) is 12.9. The molecule has 3 rings (SSSR count). The number of carbonyl (C=O) groups excluding carboxylic acids is 1. The summed E-state index contributed by atoms with van der Waals surface area (Å²) in [4.78, 5) is 12.8. The Labute approximate surface area is 127 Å². The van der Waals surface area contributed by atoms with Crippen molar-refractivity contribution in [3.05, 3.63) is 28.9 Å². The number of benzene rings is 1. The van der Waals surface area contributed by atoms with E-state index in [0.29, 0.717) is 21.5 Å². The van der Waals surface area contributed by atoms with Crippen molar-refractivity contribution in [2.24, 2.45) is 5.41 Å². The molecule has 0 aliphatic heterocycles. The van der Waals surface area contributed by atoms with Crippen LogP contribution in [0, 0.1) is 11.2 Å². The van der Waals surface area contributed by atoms with E-state index in [-0.39, 0.29) is 22.8 Å². The zero-order chi connectivity index (χ0) is 15.0. The Kier molecular flexibility index (Phi) is 3.61. The van der Waals surface area contributed by atoms with Crippen molar-refractivity contribution in [2.45, 2.75) is 32.6 Å². The molecule has 3 nitrogen and oxygen atoms in total. The molecule has 112 valence electrons. The highest BCUT2D eigenvalue weighted by molar-refractivity contribution is 7.21. The number of carbonyl (C=O) groups is 1. The van der Waals surface area contributed by atoms with Gasteiger partial charge in [-0.3, -0.25) is 4.79 Å². The van der Waals surface area contributed by atoms with Crippen LogP contribution < -0.4 is 11.1 Å². The molecule has 1 aromatic heterocycles. The minimum Gasteiger partial charge on any atom is -0.397 e. The summed E-state index contributed by atoms with van der Waals surface area (Å²) in [7, 11) is 0. The lowest BCUT2D eigenvalue weighted by molar-refractivity contribution is 0.0854. The van der Waals surface area contributed by atoms with Crippen molar-refractivity contribution in [1.82, 2.24) is 5.32 Å². The molecule has 5 heteroatoms. The van der Waals surface area contributed by atoms with E-state index >= 15 is 0 Å². The summed E-state index contributed by atoms with van der Waals surface area (Å²) >= 11 is 1.25. The van der Waals surface area contributed by atoms with Gasteiger partial charge in [-0.2, -0.15) is 0 Å². The van der Waals surface area contributed by atoms with Crippen molar-refractivity contribution in [2.75, 3.05) is 12.3 Å². The van der Waals surface area contributed by atoms with Gasteiger partial charge in [0.1, 0.15) is 10.7 Å². The molecule has 1 heterocycles. The molecule has 0 atom stereocenters. The van der Waals surface area contributed by atoms with Gasteiger partial charge >= 0.3 is 0 Å². The van der Waals surface area contributed by atoms with E-state index in [1.807, 2.05) is 0 Å². The van der Waals surface area contributed by atoms with Crippen molar-refractivity contribution < 1.29 is 9.18 Å². The summed E-state index contributed by atoms with van der Waals surface area (Å²) in [6.45, 7) is 2.84. The Morgan fingerprint density at radius 1 is 1.48 bits per heavy atom. The first-order valence-electron chi connectivity index (χ1n) is 7.31. The quantitative estimate of drug-likeness (QED) is 0.899. The van der Waals surface area contributed by atoms with E-state index in [4.69, 9.17) is 5.73 Å². The minimum atomic E-state index is -0.371. The summed E-state index contributed by atoms with van der Waals surface area (Å²) < 4.78 is 14.5. The van der Waals surface area contributed by atoms with Gasteiger partial charge in [0.25, 0.3) is 5.91 Å². The van der Waals surface area contributed by atoms with Crippen LogP contribution in [0.2, 0.25) is 0 Å². The van der Waals surface area contributed by atoms with Gasteiger partial charge < -0.3 is 11.1 Å². The van der Waals surface area contributed by atoms with Gasteiger partial charge in [0.05, 0.1) is 11.1 Å². The summed E-state index contributed by atoms with van der Waals surface area (Å²) in [6.07, 6.45) is 4.64. The van der Waals surface area contributed by atoms with Crippen LogP contribution in [0.25, 0.3) is 10.1 Å². The highest BCUT2D eigenvalue weighted by Crippen LogP contribution is 2.43. The van der Waals surface area contributed by atoms with Crippen LogP contribution in [0.15, 0.2) is 18.2 Å². The van der Waals surface area contributed by atoms with Crippen molar-refractivity contribution >= 4 is 33.0 Å². The predicted molar refractivity (Wildman–Crippen MR) is 85.1 cm³/mol. The van der Waals surface area contributed by atoms with Gasteiger partial charge in [-0.15, -0.1) is 11.3 Å². The highest BCUT2D eigenvalue weighted by Gasteiger charge is 2.35. The number of hydrogen-bond donors (Lipinski definition) is 2. The van der Waals surface area contributed by atoms with Gasteiger partial charge in [0, 0.05) is 11.2 Å². The molecule has 0 spiro atoms. The third-order valence-electron chi connectivity index (χ3n) is 4.70. The molecule has 0 unspecified atom stereocenters. The first-order chi connectivity index (χ1) is 10.1. The molecule has 21 heavy (non-hydrogen) atoms. The largest absolute Gasteiger partial charge is 0.397 e. The third-order valence-corrected chi connectivity index (χ3v) is 5.87. The Balaban J connectivity index is 1.82. The van der Waals surface area contributed by atoms with E-state index in [0.717, 1.165) is 6.42 Å². The number of thiophene rings is 1. The monoisotopic (exact) mass is 306 g/mol. The lowest BCUT2D eigenvalue weighted by atomic mass is 9.67. The smallest absolute Gasteiger partial charge is 0.263 e. The topological polar surface area (TPSA) is 55.1 Å². The van der Waals surface area contributed by atoms with Crippen LogP contribution in [0.1, 0.15) is 42.3 Å². The van der Waals surface area contributed by atoms with E-state index in [1.165, 1.54) is 36.7 Å². The summed E-state index contributed by atoms with van der Waals surface area (Å²) in [5.74, 6) is -0.558.